The molecule has 94 valence electrons. The second kappa shape index (κ2) is 6.06. The van der Waals surface area contributed by atoms with Gasteiger partial charge in [0.05, 0.1) is 0 Å². The third kappa shape index (κ3) is 3.01. The summed E-state index contributed by atoms with van der Waals surface area (Å²) < 4.78 is 6.07. The summed E-state index contributed by atoms with van der Waals surface area (Å²) in [6, 6.07) is 8.85. The molecule has 0 spiro atoms. The van der Waals surface area contributed by atoms with Crippen LogP contribution in [0.1, 0.15) is 50.6 Å². The van der Waals surface area contributed by atoms with Crippen molar-refractivity contribution in [1.82, 2.24) is 5.32 Å². The first-order valence-corrected chi connectivity index (χ1v) is 6.78. The van der Waals surface area contributed by atoms with Gasteiger partial charge < -0.3 is 10.1 Å². The van der Waals surface area contributed by atoms with Crippen LogP contribution in [0, 0.1) is 0 Å². The van der Waals surface area contributed by atoms with Gasteiger partial charge in [-0.25, -0.2) is 0 Å². The van der Waals surface area contributed by atoms with Crippen LogP contribution in [-0.4, -0.2) is 13.2 Å². The summed E-state index contributed by atoms with van der Waals surface area (Å²) in [6.45, 7) is 2.24. The van der Waals surface area contributed by atoms with Gasteiger partial charge in [0.1, 0.15) is 11.9 Å². The number of unbranched alkanes of at least 4 members (excludes halogenated alkanes) is 2. The first-order chi connectivity index (χ1) is 8.35. The number of nitrogens with one attached hydrogen (secondary N) is 1. The standard InChI is InChI=1S/C15H23NO/c1-3-4-5-8-12-11-14(16-2)13-9-6-7-10-15(13)17-12/h6-7,9-10,12,14,16H,3-5,8,11H2,1-2H3. The molecule has 1 N–H and O–H groups in total. The van der Waals surface area contributed by atoms with Crippen molar-refractivity contribution < 1.29 is 4.74 Å². The molecule has 0 aromatic heterocycles. The Morgan fingerprint density at radius 3 is 2.88 bits per heavy atom. The lowest BCUT2D eigenvalue weighted by molar-refractivity contribution is 0.140. The minimum Gasteiger partial charge on any atom is -0.490 e. The van der Waals surface area contributed by atoms with Crippen LogP contribution in [0.25, 0.3) is 0 Å². The molecule has 2 rings (SSSR count). The van der Waals surface area contributed by atoms with Crippen molar-refractivity contribution >= 4 is 0 Å². The fraction of sp³-hybridized carbons (Fsp3) is 0.600. The molecule has 2 nitrogen and oxygen atoms in total. The minimum atomic E-state index is 0.383. The van der Waals surface area contributed by atoms with Crippen LogP contribution in [0.5, 0.6) is 5.75 Å². The van der Waals surface area contributed by atoms with Crippen molar-refractivity contribution in [2.75, 3.05) is 7.05 Å². The smallest absolute Gasteiger partial charge is 0.124 e. The van der Waals surface area contributed by atoms with E-state index in [1.807, 2.05) is 7.05 Å². The van der Waals surface area contributed by atoms with E-state index in [1.165, 1.54) is 31.2 Å². The maximum atomic E-state index is 6.07. The van der Waals surface area contributed by atoms with E-state index in [0.717, 1.165) is 12.2 Å². The highest BCUT2D eigenvalue weighted by molar-refractivity contribution is 5.37. The summed E-state index contributed by atoms with van der Waals surface area (Å²) in [6.07, 6.45) is 6.52. The lowest BCUT2D eigenvalue weighted by atomic mass is 9.94. The van der Waals surface area contributed by atoms with Gasteiger partial charge in [-0.15, -0.1) is 0 Å². The van der Waals surface area contributed by atoms with Gasteiger partial charge in [-0.3, -0.25) is 0 Å². The molecule has 2 heteroatoms. The van der Waals surface area contributed by atoms with E-state index in [-0.39, 0.29) is 0 Å². The average molecular weight is 233 g/mol. The van der Waals surface area contributed by atoms with Gasteiger partial charge in [0, 0.05) is 18.0 Å². The Balaban J connectivity index is 2.02. The van der Waals surface area contributed by atoms with Crippen molar-refractivity contribution in [1.29, 1.82) is 0 Å². The van der Waals surface area contributed by atoms with Gasteiger partial charge in [0.2, 0.25) is 0 Å². The third-order valence-electron chi connectivity index (χ3n) is 3.56. The summed E-state index contributed by atoms with van der Waals surface area (Å²) in [7, 11) is 2.04. The predicted octanol–water partition coefficient (Wildman–Crippen LogP) is 3.68. The molecule has 0 bridgehead atoms. The Hall–Kier alpha value is -1.02. The number of rotatable bonds is 5. The quantitative estimate of drug-likeness (QED) is 0.783. The number of benzene rings is 1. The normalized spacial score (nSPS) is 22.9. The highest BCUT2D eigenvalue weighted by Gasteiger charge is 2.26. The van der Waals surface area contributed by atoms with Crippen molar-refractivity contribution in [2.24, 2.45) is 0 Å². The number of fused-ring (bicyclic) bond motifs is 1. The molecule has 17 heavy (non-hydrogen) atoms. The minimum absolute atomic E-state index is 0.383. The molecule has 1 aliphatic rings. The molecule has 0 aliphatic carbocycles. The SMILES string of the molecule is CCCCCC1CC(NC)c2ccccc2O1. The van der Waals surface area contributed by atoms with Crippen LogP contribution in [-0.2, 0) is 0 Å². The fourth-order valence-electron chi connectivity index (χ4n) is 2.57. The zero-order valence-electron chi connectivity index (χ0n) is 10.9. The van der Waals surface area contributed by atoms with Crippen molar-refractivity contribution in [3.8, 4) is 5.75 Å². The number of ether oxygens (including phenoxy) is 1. The molecular formula is C15H23NO. The van der Waals surface area contributed by atoms with E-state index in [1.54, 1.807) is 0 Å². The average Bonchev–Trinajstić information content (AvgIpc) is 2.38. The maximum absolute atomic E-state index is 6.07. The summed E-state index contributed by atoms with van der Waals surface area (Å²) in [5.41, 5.74) is 1.31. The molecule has 0 radical (unpaired) electrons. The van der Waals surface area contributed by atoms with Gasteiger partial charge in [0.25, 0.3) is 0 Å². The van der Waals surface area contributed by atoms with Crippen LogP contribution in [0.15, 0.2) is 24.3 Å². The molecule has 2 atom stereocenters. The lowest BCUT2D eigenvalue weighted by Crippen LogP contribution is -2.31. The molecule has 1 aromatic carbocycles. The zero-order valence-corrected chi connectivity index (χ0v) is 10.9. The number of para-hydroxylation sites is 1. The van der Waals surface area contributed by atoms with Crippen LogP contribution >= 0.6 is 0 Å². The first kappa shape index (κ1) is 12.4. The van der Waals surface area contributed by atoms with Gasteiger partial charge >= 0.3 is 0 Å². The molecule has 2 unspecified atom stereocenters. The molecule has 0 saturated heterocycles. The summed E-state index contributed by atoms with van der Waals surface area (Å²) in [5.74, 6) is 1.07. The van der Waals surface area contributed by atoms with Gasteiger partial charge in [0.15, 0.2) is 0 Å². The fourth-order valence-corrected chi connectivity index (χ4v) is 2.57. The van der Waals surface area contributed by atoms with Crippen LogP contribution in [0.3, 0.4) is 0 Å². The highest BCUT2D eigenvalue weighted by Crippen LogP contribution is 2.35. The highest BCUT2D eigenvalue weighted by atomic mass is 16.5. The second-order valence-electron chi connectivity index (χ2n) is 4.85. The Morgan fingerprint density at radius 1 is 1.29 bits per heavy atom. The molecular weight excluding hydrogens is 210 g/mol. The van der Waals surface area contributed by atoms with E-state index < -0.39 is 0 Å². The van der Waals surface area contributed by atoms with E-state index in [2.05, 4.69) is 36.5 Å². The molecule has 0 saturated carbocycles. The van der Waals surface area contributed by atoms with Crippen LogP contribution in [0.4, 0.5) is 0 Å². The van der Waals surface area contributed by atoms with E-state index in [9.17, 15) is 0 Å². The summed E-state index contributed by atoms with van der Waals surface area (Å²) >= 11 is 0. The molecule has 1 heterocycles. The molecule has 0 amide bonds. The largest absolute Gasteiger partial charge is 0.490 e. The van der Waals surface area contributed by atoms with Crippen molar-refractivity contribution in [2.45, 2.75) is 51.2 Å². The van der Waals surface area contributed by atoms with Crippen LogP contribution in [0.2, 0.25) is 0 Å². The second-order valence-corrected chi connectivity index (χ2v) is 4.85. The first-order valence-electron chi connectivity index (χ1n) is 6.78. The molecule has 1 aliphatic heterocycles. The Bertz CT molecular complexity index is 351. The van der Waals surface area contributed by atoms with Crippen LogP contribution < -0.4 is 10.1 Å². The van der Waals surface area contributed by atoms with Gasteiger partial charge in [-0.1, -0.05) is 38.0 Å². The Labute approximate surface area is 104 Å². The van der Waals surface area contributed by atoms with Crippen molar-refractivity contribution in [3.63, 3.8) is 0 Å². The van der Waals surface area contributed by atoms with Gasteiger partial charge in [-0.2, -0.15) is 0 Å². The molecule has 1 aromatic rings. The maximum Gasteiger partial charge on any atom is 0.124 e. The molecule has 0 fully saturated rings. The Morgan fingerprint density at radius 2 is 2.12 bits per heavy atom. The zero-order chi connectivity index (χ0) is 12.1. The van der Waals surface area contributed by atoms with Gasteiger partial charge in [-0.05, 0) is 26.0 Å². The lowest BCUT2D eigenvalue weighted by Gasteiger charge is -2.32. The third-order valence-corrected chi connectivity index (χ3v) is 3.56. The monoisotopic (exact) mass is 233 g/mol. The summed E-state index contributed by atoms with van der Waals surface area (Å²) in [4.78, 5) is 0. The van der Waals surface area contributed by atoms with E-state index >= 15 is 0 Å². The number of hydrogen-bond acceptors (Lipinski definition) is 2. The topological polar surface area (TPSA) is 21.3 Å². The summed E-state index contributed by atoms with van der Waals surface area (Å²) in [5, 5.41) is 3.40. The van der Waals surface area contributed by atoms with E-state index in [0.29, 0.717) is 12.1 Å². The predicted molar refractivity (Wildman–Crippen MR) is 71.4 cm³/mol. The Kier molecular flexibility index (Phi) is 4.43. The number of hydrogen-bond donors (Lipinski definition) is 1. The van der Waals surface area contributed by atoms with E-state index in [4.69, 9.17) is 4.74 Å². The van der Waals surface area contributed by atoms with Crippen molar-refractivity contribution in [3.05, 3.63) is 29.8 Å².